The molecule has 0 aromatic heterocycles. The molecule has 0 spiro atoms. The predicted molar refractivity (Wildman–Crippen MR) is 113 cm³/mol. The number of anilines is 1. The van der Waals surface area contributed by atoms with Crippen LogP contribution < -0.4 is 29.4 Å². The molecular formula is C22H27NO6. The Bertz CT molecular complexity index is 920. The van der Waals surface area contributed by atoms with Crippen LogP contribution in [0.4, 0.5) is 5.69 Å². The molecule has 0 aliphatic rings. The second-order valence-electron chi connectivity index (χ2n) is 6.11. The fourth-order valence-electron chi connectivity index (χ4n) is 2.95. The van der Waals surface area contributed by atoms with Crippen LogP contribution >= 0.6 is 0 Å². The van der Waals surface area contributed by atoms with E-state index in [2.05, 4.69) is 0 Å². The molecule has 0 radical (unpaired) electrons. The molecular weight excluding hydrogens is 374 g/mol. The fraction of sp³-hybridized carbons (Fsp3) is 0.318. The van der Waals surface area contributed by atoms with Gasteiger partial charge in [-0.05, 0) is 49.8 Å². The molecule has 2 aromatic rings. The van der Waals surface area contributed by atoms with E-state index in [0.717, 1.165) is 0 Å². The lowest BCUT2D eigenvalue weighted by Gasteiger charge is -2.17. The SMILES string of the molecule is CCOc1cc(C(=O)C(C)=Cc2cc(OC)c(OC)c(OC)c2OC)ccc1N. The molecule has 0 atom stereocenters. The first-order valence-electron chi connectivity index (χ1n) is 9.03. The Balaban J connectivity index is 2.53. The zero-order chi connectivity index (χ0) is 21.6. The molecule has 0 saturated carbocycles. The number of nitrogens with two attached hydrogens (primary N) is 1. The van der Waals surface area contributed by atoms with Gasteiger partial charge in [0.1, 0.15) is 5.75 Å². The van der Waals surface area contributed by atoms with E-state index in [1.54, 1.807) is 37.3 Å². The zero-order valence-electron chi connectivity index (χ0n) is 17.6. The van der Waals surface area contributed by atoms with Gasteiger partial charge in [0.2, 0.25) is 11.5 Å². The summed E-state index contributed by atoms with van der Waals surface area (Å²) in [6.45, 7) is 4.04. The van der Waals surface area contributed by atoms with Crippen LogP contribution in [0.1, 0.15) is 29.8 Å². The number of rotatable bonds is 9. The highest BCUT2D eigenvalue weighted by Gasteiger charge is 2.21. The van der Waals surface area contributed by atoms with E-state index < -0.39 is 0 Å². The molecule has 0 saturated heterocycles. The number of ketones is 1. The zero-order valence-corrected chi connectivity index (χ0v) is 17.6. The van der Waals surface area contributed by atoms with Gasteiger partial charge in [-0.3, -0.25) is 4.79 Å². The second-order valence-corrected chi connectivity index (χ2v) is 6.11. The number of carbonyl (C=O) groups excluding carboxylic acids is 1. The first kappa shape index (κ1) is 21.9. The van der Waals surface area contributed by atoms with Crippen molar-refractivity contribution in [3.8, 4) is 28.7 Å². The minimum Gasteiger partial charge on any atom is -0.493 e. The molecule has 7 nitrogen and oxygen atoms in total. The minimum absolute atomic E-state index is 0.165. The molecule has 156 valence electrons. The Hall–Kier alpha value is -3.35. The van der Waals surface area contributed by atoms with Gasteiger partial charge in [0.15, 0.2) is 17.3 Å². The van der Waals surface area contributed by atoms with E-state index in [1.165, 1.54) is 28.4 Å². The normalized spacial score (nSPS) is 11.0. The molecule has 7 heteroatoms. The summed E-state index contributed by atoms with van der Waals surface area (Å²) in [7, 11) is 6.07. The molecule has 0 aliphatic carbocycles. The molecule has 2 aromatic carbocycles. The molecule has 0 amide bonds. The monoisotopic (exact) mass is 401 g/mol. The summed E-state index contributed by atoms with van der Waals surface area (Å²) in [4.78, 5) is 13.0. The number of hydrogen-bond donors (Lipinski definition) is 1. The Morgan fingerprint density at radius 3 is 2.14 bits per heavy atom. The number of nitrogen functional groups attached to an aromatic ring is 1. The average molecular weight is 401 g/mol. The van der Waals surface area contributed by atoms with Crippen LogP contribution in [0.25, 0.3) is 6.08 Å². The third kappa shape index (κ3) is 4.56. The Morgan fingerprint density at radius 2 is 1.59 bits per heavy atom. The number of allylic oxidation sites excluding steroid dienone is 1. The van der Waals surface area contributed by atoms with E-state index in [4.69, 9.17) is 29.4 Å². The lowest BCUT2D eigenvalue weighted by Crippen LogP contribution is -2.04. The van der Waals surface area contributed by atoms with Gasteiger partial charge in [0.05, 0.1) is 40.7 Å². The van der Waals surface area contributed by atoms with E-state index >= 15 is 0 Å². The number of ether oxygens (including phenoxy) is 5. The van der Waals surface area contributed by atoms with E-state index in [-0.39, 0.29) is 5.78 Å². The van der Waals surface area contributed by atoms with Gasteiger partial charge in [0, 0.05) is 11.1 Å². The summed E-state index contributed by atoms with van der Waals surface area (Å²) in [6, 6.07) is 6.70. The van der Waals surface area contributed by atoms with E-state index in [0.29, 0.717) is 57.7 Å². The summed E-state index contributed by atoms with van der Waals surface area (Å²) < 4.78 is 27.2. The molecule has 0 heterocycles. The van der Waals surface area contributed by atoms with Crippen LogP contribution in [0.15, 0.2) is 29.8 Å². The highest BCUT2D eigenvalue weighted by molar-refractivity contribution is 6.11. The number of benzene rings is 2. The maximum Gasteiger partial charge on any atom is 0.207 e. The average Bonchev–Trinajstić information content (AvgIpc) is 2.73. The molecule has 2 N–H and O–H groups in total. The van der Waals surface area contributed by atoms with Crippen molar-refractivity contribution in [3.05, 3.63) is 41.0 Å². The topological polar surface area (TPSA) is 89.2 Å². The molecule has 0 bridgehead atoms. The van der Waals surface area contributed by atoms with Crippen molar-refractivity contribution < 1.29 is 28.5 Å². The van der Waals surface area contributed by atoms with Crippen molar-refractivity contribution in [1.29, 1.82) is 0 Å². The van der Waals surface area contributed by atoms with Crippen molar-refractivity contribution in [3.63, 3.8) is 0 Å². The molecule has 2 rings (SSSR count). The van der Waals surface area contributed by atoms with Crippen LogP contribution in [0.3, 0.4) is 0 Å². The first-order chi connectivity index (χ1) is 13.9. The smallest absolute Gasteiger partial charge is 0.207 e. The van der Waals surface area contributed by atoms with Gasteiger partial charge in [-0.1, -0.05) is 0 Å². The second kappa shape index (κ2) is 9.73. The van der Waals surface area contributed by atoms with Gasteiger partial charge < -0.3 is 29.4 Å². The summed E-state index contributed by atoms with van der Waals surface area (Å²) in [5, 5.41) is 0. The largest absolute Gasteiger partial charge is 0.493 e. The Kier molecular flexibility index (Phi) is 7.36. The summed E-state index contributed by atoms with van der Waals surface area (Å²) in [5.41, 5.74) is 7.96. The molecule has 29 heavy (non-hydrogen) atoms. The third-order valence-corrected chi connectivity index (χ3v) is 4.32. The third-order valence-electron chi connectivity index (χ3n) is 4.32. The lowest BCUT2D eigenvalue weighted by atomic mass is 10.0. The van der Waals surface area contributed by atoms with Crippen LogP contribution in [0.2, 0.25) is 0 Å². The quantitative estimate of drug-likeness (QED) is 0.386. The summed E-state index contributed by atoms with van der Waals surface area (Å²) in [5.74, 6) is 2.01. The number of Topliss-reactive ketones (excluding diaryl/α,β-unsaturated/α-hetero) is 1. The lowest BCUT2D eigenvalue weighted by molar-refractivity contribution is 0.103. The molecule has 0 aliphatic heterocycles. The minimum atomic E-state index is -0.165. The van der Waals surface area contributed by atoms with Crippen molar-refractivity contribution >= 4 is 17.5 Å². The van der Waals surface area contributed by atoms with Crippen molar-refractivity contribution in [1.82, 2.24) is 0 Å². The van der Waals surface area contributed by atoms with Crippen LogP contribution in [-0.4, -0.2) is 40.8 Å². The number of methoxy groups -OCH3 is 4. The van der Waals surface area contributed by atoms with Crippen molar-refractivity contribution in [2.45, 2.75) is 13.8 Å². The van der Waals surface area contributed by atoms with Gasteiger partial charge in [-0.2, -0.15) is 0 Å². The molecule has 0 fully saturated rings. The Morgan fingerprint density at radius 1 is 0.931 bits per heavy atom. The predicted octanol–water partition coefficient (Wildman–Crippen LogP) is 3.99. The van der Waals surface area contributed by atoms with Crippen LogP contribution in [0, 0.1) is 0 Å². The highest BCUT2D eigenvalue weighted by atomic mass is 16.5. The van der Waals surface area contributed by atoms with Crippen LogP contribution in [-0.2, 0) is 0 Å². The Labute approximate surface area is 171 Å². The summed E-state index contributed by atoms with van der Waals surface area (Å²) in [6.07, 6.45) is 1.71. The fourth-order valence-corrected chi connectivity index (χ4v) is 2.95. The van der Waals surface area contributed by atoms with E-state index in [1.807, 2.05) is 6.92 Å². The number of hydrogen-bond acceptors (Lipinski definition) is 7. The maximum atomic E-state index is 13.0. The van der Waals surface area contributed by atoms with Crippen molar-refractivity contribution in [2.75, 3.05) is 40.8 Å². The van der Waals surface area contributed by atoms with E-state index in [9.17, 15) is 4.79 Å². The van der Waals surface area contributed by atoms with Gasteiger partial charge in [-0.15, -0.1) is 0 Å². The van der Waals surface area contributed by atoms with Gasteiger partial charge in [0.25, 0.3) is 0 Å². The first-order valence-corrected chi connectivity index (χ1v) is 9.03. The maximum absolute atomic E-state index is 13.0. The number of carbonyl (C=O) groups is 1. The van der Waals surface area contributed by atoms with Crippen LogP contribution in [0.5, 0.6) is 28.7 Å². The van der Waals surface area contributed by atoms with Gasteiger partial charge >= 0.3 is 0 Å². The van der Waals surface area contributed by atoms with Crippen molar-refractivity contribution in [2.24, 2.45) is 0 Å². The summed E-state index contributed by atoms with van der Waals surface area (Å²) >= 11 is 0. The van der Waals surface area contributed by atoms with Gasteiger partial charge in [-0.25, -0.2) is 0 Å². The standard InChI is InChI=1S/C22H27NO6/c1-7-29-17-11-14(8-9-16(17)23)19(24)13(2)10-15-12-18(25-3)21(27-5)22(28-6)20(15)26-4/h8-12H,7,23H2,1-6H3. The molecule has 0 unspecified atom stereocenters. The highest BCUT2D eigenvalue weighted by Crippen LogP contribution is 2.47.